The molecule has 1 fully saturated rings. The number of rotatable bonds is 7. The monoisotopic (exact) mass is 467 g/mol. The summed E-state index contributed by atoms with van der Waals surface area (Å²) in [5, 5.41) is 21.5. The van der Waals surface area contributed by atoms with Crippen molar-refractivity contribution in [1.82, 2.24) is 14.5 Å². The number of ether oxygens (including phenoxy) is 1. The highest BCUT2D eigenvalue weighted by atomic mass is 35.5. The predicted molar refractivity (Wildman–Crippen MR) is 122 cm³/mol. The molecular weight excluding hydrogens is 446 g/mol. The van der Waals surface area contributed by atoms with E-state index in [-0.39, 0.29) is 29.4 Å². The molecule has 2 N–H and O–H groups in total. The number of aromatic hydroxyl groups is 1. The molecular formula is C24H22ClN3O5. The minimum absolute atomic E-state index is 0.0299. The van der Waals surface area contributed by atoms with Crippen LogP contribution in [-0.2, 0) is 16.1 Å². The lowest BCUT2D eigenvalue weighted by Gasteiger charge is -2.26. The minimum atomic E-state index is -0.849. The van der Waals surface area contributed by atoms with E-state index in [0.717, 1.165) is 0 Å². The molecule has 1 aliphatic heterocycles. The van der Waals surface area contributed by atoms with Crippen molar-refractivity contribution in [2.45, 2.75) is 19.0 Å². The Bertz CT molecular complexity index is 1210. The number of aliphatic hydroxyl groups excluding tert-OH is 1. The third-order valence-electron chi connectivity index (χ3n) is 5.55. The number of ketones is 1. The number of amides is 1. The number of phenols is 1. The SMILES string of the molecule is COc1cc([C@H]2C(=C(O)c3ccc(Cl)cc3)C(=O)C(=O)N2CCCn2ccnc2)ccc1O. The van der Waals surface area contributed by atoms with Crippen molar-refractivity contribution in [1.29, 1.82) is 0 Å². The topological polar surface area (TPSA) is 105 Å². The van der Waals surface area contributed by atoms with Crippen molar-refractivity contribution in [3.63, 3.8) is 0 Å². The summed E-state index contributed by atoms with van der Waals surface area (Å²) in [7, 11) is 1.41. The average molecular weight is 468 g/mol. The van der Waals surface area contributed by atoms with Gasteiger partial charge in [0.05, 0.1) is 25.1 Å². The molecule has 1 atom stereocenters. The Morgan fingerprint density at radius 2 is 1.91 bits per heavy atom. The van der Waals surface area contributed by atoms with Gasteiger partial charge < -0.3 is 24.4 Å². The van der Waals surface area contributed by atoms with Crippen molar-refractivity contribution in [3.05, 3.63) is 82.9 Å². The molecule has 0 saturated carbocycles. The summed E-state index contributed by atoms with van der Waals surface area (Å²) in [6.07, 6.45) is 5.73. The molecule has 1 amide bonds. The van der Waals surface area contributed by atoms with E-state index >= 15 is 0 Å². The van der Waals surface area contributed by atoms with Gasteiger partial charge in [-0.2, -0.15) is 0 Å². The Morgan fingerprint density at radius 1 is 1.15 bits per heavy atom. The first kappa shape index (κ1) is 22.4. The summed E-state index contributed by atoms with van der Waals surface area (Å²) in [5.74, 6) is -1.64. The number of aliphatic hydroxyl groups is 1. The van der Waals surface area contributed by atoms with Crippen LogP contribution in [0.4, 0.5) is 0 Å². The highest BCUT2D eigenvalue weighted by Gasteiger charge is 2.46. The van der Waals surface area contributed by atoms with E-state index in [4.69, 9.17) is 16.3 Å². The van der Waals surface area contributed by atoms with Gasteiger partial charge in [0.15, 0.2) is 11.5 Å². The molecule has 170 valence electrons. The van der Waals surface area contributed by atoms with Crippen LogP contribution in [0.25, 0.3) is 5.76 Å². The molecule has 0 bridgehead atoms. The van der Waals surface area contributed by atoms with E-state index in [1.54, 1.807) is 48.9 Å². The number of aromatic nitrogens is 2. The Labute approximate surface area is 195 Å². The molecule has 2 heterocycles. The molecule has 8 nitrogen and oxygen atoms in total. The highest BCUT2D eigenvalue weighted by Crippen LogP contribution is 2.41. The van der Waals surface area contributed by atoms with Gasteiger partial charge in [-0.3, -0.25) is 9.59 Å². The number of hydrogen-bond acceptors (Lipinski definition) is 6. The fraction of sp³-hybridized carbons (Fsp3) is 0.208. The molecule has 33 heavy (non-hydrogen) atoms. The summed E-state index contributed by atoms with van der Waals surface area (Å²) in [5.41, 5.74) is 0.867. The maximum Gasteiger partial charge on any atom is 0.295 e. The van der Waals surface area contributed by atoms with Crippen molar-refractivity contribution in [2.75, 3.05) is 13.7 Å². The number of phenolic OH excluding ortho intramolecular Hbond substituents is 1. The zero-order valence-electron chi connectivity index (χ0n) is 17.8. The lowest BCUT2D eigenvalue weighted by atomic mass is 9.95. The van der Waals surface area contributed by atoms with Gasteiger partial charge in [0.25, 0.3) is 11.7 Å². The third-order valence-corrected chi connectivity index (χ3v) is 5.80. The number of likely N-dealkylation sites (tertiary alicyclic amines) is 1. The smallest absolute Gasteiger partial charge is 0.295 e. The van der Waals surface area contributed by atoms with Gasteiger partial charge in [0.2, 0.25) is 0 Å². The predicted octanol–water partition coefficient (Wildman–Crippen LogP) is 3.76. The molecule has 1 aliphatic rings. The molecule has 3 aromatic rings. The Hall–Kier alpha value is -3.78. The first-order valence-corrected chi connectivity index (χ1v) is 10.7. The second kappa shape index (κ2) is 9.38. The highest BCUT2D eigenvalue weighted by molar-refractivity contribution is 6.46. The van der Waals surface area contributed by atoms with E-state index in [2.05, 4.69) is 4.98 Å². The van der Waals surface area contributed by atoms with E-state index in [0.29, 0.717) is 29.1 Å². The second-order valence-corrected chi connectivity index (χ2v) is 8.02. The van der Waals surface area contributed by atoms with Gasteiger partial charge in [-0.25, -0.2) is 4.98 Å². The van der Waals surface area contributed by atoms with Crippen LogP contribution in [0.5, 0.6) is 11.5 Å². The van der Waals surface area contributed by atoms with E-state index < -0.39 is 17.7 Å². The largest absolute Gasteiger partial charge is 0.507 e. The number of halogens is 1. The second-order valence-electron chi connectivity index (χ2n) is 7.58. The zero-order valence-corrected chi connectivity index (χ0v) is 18.6. The van der Waals surface area contributed by atoms with Crippen molar-refractivity contribution < 1.29 is 24.5 Å². The van der Waals surface area contributed by atoms with Crippen LogP contribution in [0.3, 0.4) is 0 Å². The van der Waals surface area contributed by atoms with Crippen LogP contribution in [0.2, 0.25) is 5.02 Å². The number of nitrogens with zero attached hydrogens (tertiary/aromatic N) is 3. The lowest BCUT2D eigenvalue weighted by molar-refractivity contribution is -0.139. The van der Waals surface area contributed by atoms with Gasteiger partial charge in [-0.1, -0.05) is 17.7 Å². The first-order valence-electron chi connectivity index (χ1n) is 10.3. The van der Waals surface area contributed by atoms with Gasteiger partial charge in [-0.05, 0) is 48.4 Å². The molecule has 1 aromatic heterocycles. The number of carbonyl (C=O) groups is 2. The van der Waals surface area contributed by atoms with Crippen LogP contribution in [0.15, 0.2) is 66.8 Å². The molecule has 9 heteroatoms. The molecule has 4 rings (SSSR count). The van der Waals surface area contributed by atoms with Crippen LogP contribution in [-0.4, -0.2) is 50.0 Å². The number of carbonyl (C=O) groups excluding carboxylic acids is 2. The molecule has 0 radical (unpaired) electrons. The maximum atomic E-state index is 13.1. The summed E-state index contributed by atoms with van der Waals surface area (Å²) in [6.45, 7) is 0.875. The number of benzene rings is 2. The van der Waals surface area contributed by atoms with Gasteiger partial charge in [-0.15, -0.1) is 0 Å². The number of methoxy groups -OCH3 is 1. The number of hydrogen-bond donors (Lipinski definition) is 2. The number of Topliss-reactive ketones (excluding diaryl/α,β-unsaturated/α-hetero) is 1. The van der Waals surface area contributed by atoms with Gasteiger partial charge >= 0.3 is 0 Å². The van der Waals surface area contributed by atoms with Crippen molar-refractivity contribution in [3.8, 4) is 11.5 Å². The fourth-order valence-electron chi connectivity index (χ4n) is 3.93. The Balaban J connectivity index is 1.76. The minimum Gasteiger partial charge on any atom is -0.507 e. The first-order chi connectivity index (χ1) is 15.9. The Kier molecular flexibility index (Phi) is 6.37. The third kappa shape index (κ3) is 4.42. The van der Waals surface area contributed by atoms with Crippen LogP contribution >= 0.6 is 11.6 Å². The van der Waals surface area contributed by atoms with Crippen molar-refractivity contribution in [2.24, 2.45) is 0 Å². The van der Waals surface area contributed by atoms with E-state index in [1.165, 1.54) is 18.1 Å². The molecule has 0 aliphatic carbocycles. The van der Waals surface area contributed by atoms with Gasteiger partial charge in [0, 0.05) is 36.1 Å². The molecule has 0 unspecified atom stereocenters. The molecule has 1 saturated heterocycles. The quantitative estimate of drug-likeness (QED) is 0.311. The maximum absolute atomic E-state index is 13.1. The lowest BCUT2D eigenvalue weighted by Crippen LogP contribution is -2.31. The summed E-state index contributed by atoms with van der Waals surface area (Å²) in [6, 6.07) is 10.1. The van der Waals surface area contributed by atoms with Crippen LogP contribution in [0, 0.1) is 0 Å². The van der Waals surface area contributed by atoms with Crippen LogP contribution < -0.4 is 4.74 Å². The summed E-state index contributed by atoms with van der Waals surface area (Å²) >= 11 is 5.95. The number of aryl methyl sites for hydroxylation is 1. The molecule has 2 aromatic carbocycles. The normalized spacial score (nSPS) is 17.5. The summed E-state index contributed by atoms with van der Waals surface area (Å²) in [4.78, 5) is 31.5. The average Bonchev–Trinajstić information content (AvgIpc) is 3.42. The zero-order chi connectivity index (χ0) is 23.5. The fourth-order valence-corrected chi connectivity index (χ4v) is 4.05. The van der Waals surface area contributed by atoms with Crippen LogP contribution in [0.1, 0.15) is 23.6 Å². The van der Waals surface area contributed by atoms with Crippen molar-refractivity contribution >= 4 is 29.1 Å². The Morgan fingerprint density at radius 3 is 2.58 bits per heavy atom. The summed E-state index contributed by atoms with van der Waals surface area (Å²) < 4.78 is 7.09. The van der Waals surface area contributed by atoms with Gasteiger partial charge in [0.1, 0.15) is 5.76 Å². The van der Waals surface area contributed by atoms with E-state index in [9.17, 15) is 19.8 Å². The van der Waals surface area contributed by atoms with E-state index in [1.807, 2.05) is 10.8 Å². The molecule has 0 spiro atoms. The number of imidazole rings is 1. The standard InChI is InChI=1S/C24H22ClN3O5/c1-33-19-13-16(5-8-18(19)29)21-20(22(30)15-3-6-17(25)7-4-15)23(31)24(32)28(21)11-2-10-27-12-9-26-14-27/h3-9,12-14,21,29-30H,2,10-11H2,1H3/t21-/m0/s1.